The number of halogens is 1. The summed E-state index contributed by atoms with van der Waals surface area (Å²) in [6.45, 7) is 2.73. The third kappa shape index (κ3) is 3.17. The maximum absolute atomic E-state index is 13.2. The van der Waals surface area contributed by atoms with Crippen LogP contribution in [0.2, 0.25) is 0 Å². The summed E-state index contributed by atoms with van der Waals surface area (Å²) < 4.78 is 25.0. The third-order valence-corrected chi connectivity index (χ3v) is 4.48. The quantitative estimate of drug-likeness (QED) is 0.861. The van der Waals surface area contributed by atoms with E-state index in [0.29, 0.717) is 19.6 Å². The zero-order valence-corrected chi connectivity index (χ0v) is 13.0. The van der Waals surface area contributed by atoms with Crippen LogP contribution in [0.5, 0.6) is 11.5 Å². The first kappa shape index (κ1) is 14.5. The van der Waals surface area contributed by atoms with Crippen molar-refractivity contribution in [3.63, 3.8) is 0 Å². The minimum atomic E-state index is -0.665. The molecule has 1 unspecified atom stereocenters. The molecule has 1 saturated heterocycles. The Labute approximate surface area is 135 Å². The van der Waals surface area contributed by atoms with Gasteiger partial charge in [0.1, 0.15) is 12.8 Å². The SMILES string of the molecule is F[C@H]1CCN(Cc2ccc(C3COc4ccccc4O3)cc2)C1. The van der Waals surface area contributed by atoms with Gasteiger partial charge in [-0.25, -0.2) is 4.39 Å². The summed E-state index contributed by atoms with van der Waals surface area (Å²) in [7, 11) is 0. The number of hydrogen-bond donors (Lipinski definition) is 0. The molecule has 2 aliphatic rings. The summed E-state index contributed by atoms with van der Waals surface area (Å²) in [5.41, 5.74) is 2.31. The second-order valence-corrected chi connectivity index (χ2v) is 6.23. The summed E-state index contributed by atoms with van der Waals surface area (Å²) in [6.07, 6.45) is -0.0897. The van der Waals surface area contributed by atoms with Gasteiger partial charge in [0.15, 0.2) is 17.6 Å². The second kappa shape index (κ2) is 6.20. The fourth-order valence-corrected chi connectivity index (χ4v) is 3.21. The number of alkyl halides is 1. The van der Waals surface area contributed by atoms with Crippen LogP contribution in [0, 0.1) is 0 Å². The molecule has 120 valence electrons. The minimum Gasteiger partial charge on any atom is -0.485 e. The van der Waals surface area contributed by atoms with Crippen LogP contribution in [0.3, 0.4) is 0 Å². The van der Waals surface area contributed by atoms with E-state index >= 15 is 0 Å². The van der Waals surface area contributed by atoms with Crippen molar-refractivity contribution in [3.8, 4) is 11.5 Å². The van der Waals surface area contributed by atoms with Gasteiger partial charge < -0.3 is 9.47 Å². The number of benzene rings is 2. The van der Waals surface area contributed by atoms with Crippen LogP contribution >= 0.6 is 0 Å². The van der Waals surface area contributed by atoms with Crippen LogP contribution in [-0.2, 0) is 6.54 Å². The van der Waals surface area contributed by atoms with E-state index in [1.807, 2.05) is 24.3 Å². The lowest BCUT2D eigenvalue weighted by Crippen LogP contribution is -2.22. The number of ether oxygens (including phenoxy) is 2. The van der Waals surface area contributed by atoms with Gasteiger partial charge in [0.05, 0.1) is 0 Å². The number of nitrogens with zero attached hydrogens (tertiary/aromatic N) is 1. The molecule has 2 heterocycles. The van der Waals surface area contributed by atoms with E-state index in [0.717, 1.165) is 30.2 Å². The zero-order valence-electron chi connectivity index (χ0n) is 13.0. The summed E-state index contributed by atoms with van der Waals surface area (Å²) in [4.78, 5) is 2.16. The maximum atomic E-state index is 13.2. The Bertz CT molecular complexity index is 673. The van der Waals surface area contributed by atoms with E-state index in [4.69, 9.17) is 9.47 Å². The molecular weight excluding hydrogens is 293 g/mol. The first-order valence-electron chi connectivity index (χ1n) is 8.12. The molecule has 1 fully saturated rings. The highest BCUT2D eigenvalue weighted by molar-refractivity contribution is 5.41. The molecule has 0 N–H and O–H groups in total. The lowest BCUT2D eigenvalue weighted by Gasteiger charge is -2.26. The summed E-state index contributed by atoms with van der Waals surface area (Å²) in [6, 6.07) is 16.1. The van der Waals surface area contributed by atoms with Crippen molar-refractivity contribution in [2.75, 3.05) is 19.7 Å². The Morgan fingerprint density at radius 2 is 1.83 bits per heavy atom. The molecule has 0 aliphatic carbocycles. The minimum absolute atomic E-state index is 0.0824. The van der Waals surface area contributed by atoms with Crippen LogP contribution in [-0.4, -0.2) is 30.8 Å². The van der Waals surface area contributed by atoms with Crippen molar-refractivity contribution in [2.24, 2.45) is 0 Å². The predicted octanol–water partition coefficient (Wildman–Crippen LogP) is 3.74. The molecule has 4 rings (SSSR count). The van der Waals surface area contributed by atoms with Crippen LogP contribution in [0.25, 0.3) is 0 Å². The zero-order chi connectivity index (χ0) is 15.6. The highest BCUT2D eigenvalue weighted by Gasteiger charge is 2.23. The molecule has 0 saturated carbocycles. The molecule has 0 spiro atoms. The lowest BCUT2D eigenvalue weighted by atomic mass is 10.1. The van der Waals surface area contributed by atoms with E-state index < -0.39 is 6.17 Å². The van der Waals surface area contributed by atoms with E-state index in [9.17, 15) is 4.39 Å². The maximum Gasteiger partial charge on any atom is 0.162 e. The fourth-order valence-electron chi connectivity index (χ4n) is 3.21. The summed E-state index contributed by atoms with van der Waals surface area (Å²) >= 11 is 0. The Hall–Kier alpha value is -2.07. The summed E-state index contributed by atoms with van der Waals surface area (Å²) in [5, 5.41) is 0. The molecule has 2 aromatic carbocycles. The number of para-hydroxylation sites is 2. The molecule has 2 atom stereocenters. The first-order valence-corrected chi connectivity index (χ1v) is 8.12. The van der Waals surface area contributed by atoms with Gasteiger partial charge in [-0.15, -0.1) is 0 Å². The monoisotopic (exact) mass is 313 g/mol. The summed E-state index contributed by atoms with van der Waals surface area (Å²) in [5.74, 6) is 1.59. The Morgan fingerprint density at radius 3 is 2.57 bits per heavy atom. The predicted molar refractivity (Wildman–Crippen MR) is 86.5 cm³/mol. The lowest BCUT2D eigenvalue weighted by molar-refractivity contribution is 0.0913. The average molecular weight is 313 g/mol. The third-order valence-electron chi connectivity index (χ3n) is 4.48. The van der Waals surface area contributed by atoms with Crippen LogP contribution in [0.4, 0.5) is 4.39 Å². The van der Waals surface area contributed by atoms with E-state index in [1.54, 1.807) is 0 Å². The fraction of sp³-hybridized carbons (Fsp3) is 0.368. The molecule has 2 aliphatic heterocycles. The molecule has 2 aromatic rings. The number of likely N-dealkylation sites (tertiary alicyclic amines) is 1. The number of fused-ring (bicyclic) bond motifs is 1. The molecule has 23 heavy (non-hydrogen) atoms. The Kier molecular flexibility index (Phi) is 3.92. The molecule has 0 aromatic heterocycles. The van der Waals surface area contributed by atoms with Crippen molar-refractivity contribution in [2.45, 2.75) is 25.2 Å². The highest BCUT2D eigenvalue weighted by atomic mass is 19.1. The number of rotatable bonds is 3. The molecule has 0 amide bonds. The van der Waals surface area contributed by atoms with E-state index in [1.165, 1.54) is 5.56 Å². The molecule has 4 heteroatoms. The normalized spacial score (nSPS) is 23.9. The van der Waals surface area contributed by atoms with Gasteiger partial charge in [-0.1, -0.05) is 36.4 Å². The van der Waals surface area contributed by atoms with Crippen LogP contribution < -0.4 is 9.47 Å². The van der Waals surface area contributed by atoms with E-state index in [2.05, 4.69) is 29.2 Å². The van der Waals surface area contributed by atoms with Crippen molar-refractivity contribution in [3.05, 3.63) is 59.7 Å². The van der Waals surface area contributed by atoms with Crippen molar-refractivity contribution in [1.82, 2.24) is 4.90 Å². The van der Waals surface area contributed by atoms with E-state index in [-0.39, 0.29) is 6.10 Å². The average Bonchev–Trinajstić information content (AvgIpc) is 3.00. The Morgan fingerprint density at radius 1 is 1.04 bits per heavy atom. The number of hydrogen-bond acceptors (Lipinski definition) is 3. The van der Waals surface area contributed by atoms with Gasteiger partial charge in [-0.2, -0.15) is 0 Å². The highest BCUT2D eigenvalue weighted by Crippen LogP contribution is 2.35. The largest absolute Gasteiger partial charge is 0.485 e. The van der Waals surface area contributed by atoms with Gasteiger partial charge in [0.2, 0.25) is 0 Å². The first-order chi connectivity index (χ1) is 11.3. The standard InChI is InChI=1S/C19H20FNO2/c20-16-9-10-21(12-16)11-14-5-7-15(8-6-14)19-13-22-17-3-1-2-4-18(17)23-19/h1-8,16,19H,9-13H2/t16-,19?/m0/s1. The molecular formula is C19H20FNO2. The van der Waals surface area contributed by atoms with Crippen LogP contribution in [0.1, 0.15) is 23.7 Å². The van der Waals surface area contributed by atoms with Gasteiger partial charge in [-0.05, 0) is 29.7 Å². The van der Waals surface area contributed by atoms with Gasteiger partial charge in [0, 0.05) is 19.6 Å². The van der Waals surface area contributed by atoms with Crippen LogP contribution in [0.15, 0.2) is 48.5 Å². The Balaban J connectivity index is 1.42. The van der Waals surface area contributed by atoms with Gasteiger partial charge >= 0.3 is 0 Å². The molecule has 3 nitrogen and oxygen atoms in total. The van der Waals surface area contributed by atoms with Gasteiger partial charge in [-0.3, -0.25) is 4.90 Å². The molecule has 0 bridgehead atoms. The molecule has 0 radical (unpaired) electrons. The smallest absolute Gasteiger partial charge is 0.162 e. The van der Waals surface area contributed by atoms with Crippen molar-refractivity contribution >= 4 is 0 Å². The second-order valence-electron chi connectivity index (χ2n) is 6.23. The van der Waals surface area contributed by atoms with Crippen molar-refractivity contribution in [1.29, 1.82) is 0 Å². The van der Waals surface area contributed by atoms with Gasteiger partial charge in [0.25, 0.3) is 0 Å². The van der Waals surface area contributed by atoms with Crippen molar-refractivity contribution < 1.29 is 13.9 Å². The topological polar surface area (TPSA) is 21.7 Å².